The van der Waals surface area contributed by atoms with E-state index in [1.165, 1.54) is 28.1 Å². The molecule has 6 nitrogen and oxygen atoms in total. The van der Waals surface area contributed by atoms with Gasteiger partial charge in [0.2, 0.25) is 5.91 Å². The molecule has 1 amide bonds. The number of nitrogens with zero attached hydrogens (tertiary/aromatic N) is 3. The minimum Gasteiger partial charge on any atom is -0.495 e. The third-order valence-corrected chi connectivity index (χ3v) is 5.89. The van der Waals surface area contributed by atoms with Gasteiger partial charge in [0.15, 0.2) is 5.16 Å². The van der Waals surface area contributed by atoms with Crippen LogP contribution in [0.15, 0.2) is 71.9 Å². The Morgan fingerprint density at radius 2 is 1.80 bits per heavy atom. The number of benzene rings is 3. The summed E-state index contributed by atoms with van der Waals surface area (Å²) in [6.45, 7) is 0. The smallest absolute Gasteiger partial charge is 0.234 e. The number of anilines is 1. The number of carbonyl (C=O) groups is 1. The highest BCUT2D eigenvalue weighted by atomic mass is 32.2. The maximum Gasteiger partial charge on any atom is 0.234 e. The molecule has 4 aromatic rings. The minimum absolute atomic E-state index is 0.122. The van der Waals surface area contributed by atoms with Gasteiger partial charge in [0, 0.05) is 13.5 Å². The van der Waals surface area contributed by atoms with Crippen molar-refractivity contribution in [3.8, 4) is 5.75 Å². The van der Waals surface area contributed by atoms with Gasteiger partial charge in [-0.05, 0) is 28.5 Å². The average molecular weight is 419 g/mol. The van der Waals surface area contributed by atoms with Gasteiger partial charge in [0.1, 0.15) is 11.6 Å². The van der Waals surface area contributed by atoms with Crippen LogP contribution in [0.3, 0.4) is 0 Å². The molecule has 1 heterocycles. The molecular formula is C23H22N4O2S. The van der Waals surface area contributed by atoms with Crippen LogP contribution >= 0.6 is 11.8 Å². The molecule has 0 unspecified atom stereocenters. The van der Waals surface area contributed by atoms with Crippen molar-refractivity contribution in [2.24, 2.45) is 7.05 Å². The Bertz CT molecular complexity index is 1180. The van der Waals surface area contributed by atoms with Crippen molar-refractivity contribution in [3.63, 3.8) is 0 Å². The molecule has 0 fully saturated rings. The predicted molar refractivity (Wildman–Crippen MR) is 120 cm³/mol. The van der Waals surface area contributed by atoms with Crippen molar-refractivity contribution >= 4 is 34.1 Å². The van der Waals surface area contributed by atoms with Crippen molar-refractivity contribution in [3.05, 3.63) is 78.1 Å². The maximum absolute atomic E-state index is 12.4. The Morgan fingerprint density at radius 3 is 2.67 bits per heavy atom. The summed E-state index contributed by atoms with van der Waals surface area (Å²) in [5.74, 6) is 1.60. The molecule has 7 heteroatoms. The lowest BCUT2D eigenvalue weighted by Gasteiger charge is -2.09. The highest BCUT2D eigenvalue weighted by Gasteiger charge is 2.14. The van der Waals surface area contributed by atoms with Crippen LogP contribution in [0.1, 0.15) is 11.4 Å². The van der Waals surface area contributed by atoms with E-state index in [0.29, 0.717) is 23.0 Å². The van der Waals surface area contributed by atoms with Crippen molar-refractivity contribution in [2.75, 3.05) is 18.2 Å². The summed E-state index contributed by atoms with van der Waals surface area (Å²) in [5.41, 5.74) is 1.86. The van der Waals surface area contributed by atoms with Crippen LogP contribution in [0, 0.1) is 0 Å². The van der Waals surface area contributed by atoms with Crippen LogP contribution in [0.2, 0.25) is 0 Å². The predicted octanol–water partition coefficient (Wildman–Crippen LogP) is 4.30. The highest BCUT2D eigenvalue weighted by molar-refractivity contribution is 7.99. The number of amides is 1. The largest absolute Gasteiger partial charge is 0.495 e. The number of fused-ring (bicyclic) bond motifs is 1. The summed E-state index contributed by atoms with van der Waals surface area (Å²) in [4.78, 5) is 12.4. The molecule has 1 N–H and O–H groups in total. The van der Waals surface area contributed by atoms with Crippen LogP contribution < -0.4 is 10.1 Å². The molecule has 30 heavy (non-hydrogen) atoms. The van der Waals surface area contributed by atoms with Gasteiger partial charge in [-0.1, -0.05) is 66.4 Å². The molecule has 3 aromatic carbocycles. The van der Waals surface area contributed by atoms with Crippen molar-refractivity contribution in [1.29, 1.82) is 0 Å². The van der Waals surface area contributed by atoms with E-state index in [1.807, 2.05) is 48.0 Å². The van der Waals surface area contributed by atoms with Gasteiger partial charge in [0.05, 0.1) is 18.6 Å². The molecule has 0 spiro atoms. The molecule has 4 rings (SSSR count). The lowest BCUT2D eigenvalue weighted by Crippen LogP contribution is -2.15. The third kappa shape index (κ3) is 4.31. The number of methoxy groups -OCH3 is 1. The monoisotopic (exact) mass is 418 g/mol. The first kappa shape index (κ1) is 20.0. The second kappa shape index (κ2) is 9.00. The van der Waals surface area contributed by atoms with Crippen molar-refractivity contribution in [2.45, 2.75) is 11.6 Å². The Balaban J connectivity index is 1.43. The topological polar surface area (TPSA) is 69.0 Å². The molecule has 0 atom stereocenters. The maximum atomic E-state index is 12.4. The highest BCUT2D eigenvalue weighted by Crippen LogP contribution is 2.25. The summed E-state index contributed by atoms with van der Waals surface area (Å²) in [7, 11) is 3.51. The molecule has 0 aliphatic heterocycles. The number of nitrogens with one attached hydrogen (secondary N) is 1. The zero-order valence-corrected chi connectivity index (χ0v) is 17.6. The molecule has 0 aliphatic carbocycles. The summed E-state index contributed by atoms with van der Waals surface area (Å²) in [6, 6.07) is 21.9. The van der Waals surface area contributed by atoms with Crippen LogP contribution in [0.25, 0.3) is 10.8 Å². The van der Waals surface area contributed by atoms with Gasteiger partial charge < -0.3 is 14.6 Å². The van der Waals surface area contributed by atoms with Gasteiger partial charge >= 0.3 is 0 Å². The van der Waals surface area contributed by atoms with Gasteiger partial charge in [-0.15, -0.1) is 10.2 Å². The number of hydrogen-bond donors (Lipinski definition) is 1. The first-order chi connectivity index (χ1) is 14.7. The number of rotatable bonds is 7. The van der Waals surface area contributed by atoms with Crippen LogP contribution in [-0.4, -0.2) is 33.5 Å². The van der Waals surface area contributed by atoms with E-state index in [0.717, 1.165) is 5.82 Å². The number of para-hydroxylation sites is 2. The van der Waals surface area contributed by atoms with E-state index in [4.69, 9.17) is 4.74 Å². The van der Waals surface area contributed by atoms with E-state index < -0.39 is 0 Å². The van der Waals surface area contributed by atoms with Crippen LogP contribution in [0.5, 0.6) is 5.75 Å². The summed E-state index contributed by atoms with van der Waals surface area (Å²) >= 11 is 1.36. The molecular weight excluding hydrogens is 396 g/mol. The lowest BCUT2D eigenvalue weighted by atomic mass is 10.0. The molecule has 0 saturated carbocycles. The molecule has 152 valence electrons. The van der Waals surface area contributed by atoms with Crippen molar-refractivity contribution in [1.82, 2.24) is 14.8 Å². The van der Waals surface area contributed by atoms with Gasteiger partial charge in [0.25, 0.3) is 0 Å². The van der Waals surface area contributed by atoms with E-state index in [9.17, 15) is 4.79 Å². The Hall–Kier alpha value is -3.32. The zero-order valence-electron chi connectivity index (χ0n) is 16.8. The summed E-state index contributed by atoms with van der Waals surface area (Å²) in [6.07, 6.45) is 0.679. The number of aromatic nitrogens is 3. The second-order valence-electron chi connectivity index (χ2n) is 6.81. The number of ether oxygens (including phenoxy) is 1. The fraction of sp³-hybridized carbons (Fsp3) is 0.174. The Labute approximate surface area is 179 Å². The SMILES string of the molecule is COc1ccccc1NC(=O)CSc1nnc(Cc2cccc3ccccc23)n1C. The summed E-state index contributed by atoms with van der Waals surface area (Å²) in [5, 5.41) is 14.6. The Morgan fingerprint density at radius 1 is 1.03 bits per heavy atom. The van der Waals surface area contributed by atoms with Gasteiger partial charge in [-0.25, -0.2) is 0 Å². The summed E-state index contributed by atoms with van der Waals surface area (Å²) < 4.78 is 7.22. The normalized spacial score (nSPS) is 10.9. The van der Waals surface area contributed by atoms with Crippen LogP contribution in [-0.2, 0) is 18.3 Å². The quantitative estimate of drug-likeness (QED) is 0.453. The van der Waals surface area contributed by atoms with E-state index in [-0.39, 0.29) is 11.7 Å². The first-order valence-corrected chi connectivity index (χ1v) is 10.5. The van der Waals surface area contributed by atoms with E-state index >= 15 is 0 Å². The molecule has 0 bridgehead atoms. The third-order valence-electron chi connectivity index (χ3n) is 4.87. The standard InChI is InChI=1S/C23H22N4O2S/c1-27-21(14-17-10-7-9-16-8-3-4-11-18(16)17)25-26-23(27)30-15-22(28)24-19-12-5-6-13-20(19)29-2/h3-13H,14-15H2,1-2H3,(H,24,28). The zero-order chi connectivity index (χ0) is 20.9. The van der Waals surface area contributed by atoms with Gasteiger partial charge in [-0.3, -0.25) is 4.79 Å². The first-order valence-electron chi connectivity index (χ1n) is 9.56. The Kier molecular flexibility index (Phi) is 5.99. The number of thioether (sulfide) groups is 1. The number of carbonyl (C=O) groups excluding carboxylic acids is 1. The van der Waals surface area contributed by atoms with Crippen LogP contribution in [0.4, 0.5) is 5.69 Å². The molecule has 1 aromatic heterocycles. The second-order valence-corrected chi connectivity index (χ2v) is 7.75. The lowest BCUT2D eigenvalue weighted by molar-refractivity contribution is -0.113. The van der Waals surface area contributed by atoms with E-state index in [2.05, 4.69) is 45.8 Å². The van der Waals surface area contributed by atoms with Crippen molar-refractivity contribution < 1.29 is 9.53 Å². The van der Waals surface area contributed by atoms with Gasteiger partial charge in [-0.2, -0.15) is 0 Å². The molecule has 0 radical (unpaired) electrons. The minimum atomic E-state index is -0.122. The van der Waals surface area contributed by atoms with E-state index in [1.54, 1.807) is 7.11 Å². The number of hydrogen-bond acceptors (Lipinski definition) is 5. The average Bonchev–Trinajstić information content (AvgIpc) is 3.12. The fourth-order valence-electron chi connectivity index (χ4n) is 3.31. The molecule has 0 aliphatic rings. The fourth-order valence-corrected chi connectivity index (χ4v) is 4.04. The molecule has 0 saturated heterocycles.